The molecule has 1 aromatic rings. The molecule has 0 saturated carbocycles. The van der Waals surface area contributed by atoms with E-state index in [1.54, 1.807) is 7.05 Å². The molecule has 0 radical (unpaired) electrons. The number of hydrogen-bond acceptors (Lipinski definition) is 3. The Kier molecular flexibility index (Phi) is 1.44. The number of aromatic amines is 1. The maximum absolute atomic E-state index is 10.6. The number of H-pyrrole nitrogens is 1. The highest BCUT2D eigenvalue weighted by Gasteiger charge is 1.86. The Hall–Kier alpha value is -0.970. The van der Waals surface area contributed by atoms with Crippen molar-refractivity contribution in [2.45, 2.75) is 0 Å². The predicted octanol–water partition coefficient (Wildman–Crippen LogP) is -0.162. The maximum Gasteiger partial charge on any atom is 0.342 e. The molecule has 0 saturated heterocycles. The van der Waals surface area contributed by atoms with Gasteiger partial charge >= 0.3 is 5.69 Å². The third-order valence-corrected chi connectivity index (χ3v) is 1.35. The molecule has 0 fully saturated rings. The largest absolute Gasteiger partial charge is 0.342 e. The summed E-state index contributed by atoms with van der Waals surface area (Å²) in [6.45, 7) is 0. The van der Waals surface area contributed by atoms with Crippen molar-refractivity contribution < 1.29 is 0 Å². The van der Waals surface area contributed by atoms with Gasteiger partial charge < -0.3 is 0 Å². The zero-order valence-electron chi connectivity index (χ0n) is 4.79. The van der Waals surface area contributed by atoms with E-state index in [1.165, 1.54) is 10.8 Å². The van der Waals surface area contributed by atoms with Gasteiger partial charge in [0.05, 0.1) is 6.20 Å². The van der Waals surface area contributed by atoms with Crippen molar-refractivity contribution in [3.05, 3.63) is 21.3 Å². The van der Waals surface area contributed by atoms with Gasteiger partial charge in [0.25, 0.3) is 0 Å². The van der Waals surface area contributed by atoms with Crippen LogP contribution in [0, 0.1) is 4.64 Å². The van der Waals surface area contributed by atoms with E-state index in [4.69, 9.17) is 12.2 Å². The molecule has 0 spiro atoms. The molecular weight excluding hydrogens is 138 g/mol. The third-order valence-electron chi connectivity index (χ3n) is 0.970. The van der Waals surface area contributed by atoms with Crippen molar-refractivity contribution in [2.75, 3.05) is 0 Å². The Morgan fingerprint density at radius 3 is 3.00 bits per heavy atom. The van der Waals surface area contributed by atoms with Gasteiger partial charge in [0, 0.05) is 7.05 Å². The Balaban J connectivity index is 3.62. The molecule has 4 nitrogen and oxygen atoms in total. The van der Waals surface area contributed by atoms with Gasteiger partial charge in [0.15, 0.2) is 0 Å². The third kappa shape index (κ3) is 1.05. The SMILES string of the molecule is Cn1c(=S)cn[nH]c1=O. The van der Waals surface area contributed by atoms with E-state index in [2.05, 4.69) is 10.2 Å². The Morgan fingerprint density at radius 2 is 2.56 bits per heavy atom. The zero-order chi connectivity index (χ0) is 6.85. The highest BCUT2D eigenvalue weighted by Crippen LogP contribution is 1.74. The summed E-state index contributed by atoms with van der Waals surface area (Å²) >= 11 is 4.72. The second kappa shape index (κ2) is 2.10. The van der Waals surface area contributed by atoms with Gasteiger partial charge in [-0.2, -0.15) is 5.10 Å². The van der Waals surface area contributed by atoms with Gasteiger partial charge in [-0.25, -0.2) is 9.89 Å². The molecule has 1 N–H and O–H groups in total. The van der Waals surface area contributed by atoms with Gasteiger partial charge in [-0.1, -0.05) is 12.2 Å². The van der Waals surface area contributed by atoms with Crippen LogP contribution in [0.15, 0.2) is 11.0 Å². The van der Waals surface area contributed by atoms with Crippen molar-refractivity contribution in [1.82, 2.24) is 14.8 Å². The minimum Gasteiger partial charge on any atom is -0.285 e. The minimum absolute atomic E-state index is 0.289. The minimum atomic E-state index is -0.289. The summed E-state index contributed by atoms with van der Waals surface area (Å²) < 4.78 is 1.74. The average molecular weight is 143 g/mol. The number of aromatic nitrogens is 3. The zero-order valence-corrected chi connectivity index (χ0v) is 5.60. The summed E-state index contributed by atoms with van der Waals surface area (Å²) in [4.78, 5) is 10.6. The standard InChI is InChI=1S/C4H5N3OS/c1-7-3(9)2-5-6-4(7)8/h2H,1H3,(H,6,8). The maximum atomic E-state index is 10.6. The molecule has 5 heteroatoms. The lowest BCUT2D eigenvalue weighted by molar-refractivity contribution is 0.745. The van der Waals surface area contributed by atoms with Crippen molar-refractivity contribution >= 4 is 12.2 Å². The summed E-state index contributed by atoms with van der Waals surface area (Å²) in [6, 6.07) is 0. The fraction of sp³-hybridized carbons (Fsp3) is 0.250. The molecule has 1 rings (SSSR count). The van der Waals surface area contributed by atoms with Crippen molar-refractivity contribution in [3.63, 3.8) is 0 Å². The van der Waals surface area contributed by atoms with Crippen LogP contribution in [-0.4, -0.2) is 14.8 Å². The van der Waals surface area contributed by atoms with E-state index in [0.29, 0.717) is 4.64 Å². The number of nitrogens with zero attached hydrogens (tertiary/aromatic N) is 2. The van der Waals surface area contributed by atoms with E-state index in [9.17, 15) is 4.79 Å². The Morgan fingerprint density at radius 1 is 1.89 bits per heavy atom. The molecular formula is C4H5N3OS. The van der Waals surface area contributed by atoms with Crippen LogP contribution < -0.4 is 5.69 Å². The molecule has 0 aliphatic heterocycles. The smallest absolute Gasteiger partial charge is 0.285 e. The lowest BCUT2D eigenvalue weighted by Gasteiger charge is -1.90. The van der Waals surface area contributed by atoms with Crippen LogP contribution in [0.1, 0.15) is 0 Å². The number of nitrogens with one attached hydrogen (secondary N) is 1. The number of rotatable bonds is 0. The monoisotopic (exact) mass is 143 g/mol. The van der Waals surface area contributed by atoms with Crippen LogP contribution in [0.2, 0.25) is 0 Å². The van der Waals surface area contributed by atoms with Gasteiger partial charge in [0.1, 0.15) is 4.64 Å². The quantitative estimate of drug-likeness (QED) is 0.513. The second-order valence-electron chi connectivity index (χ2n) is 1.57. The van der Waals surface area contributed by atoms with Crippen molar-refractivity contribution in [2.24, 2.45) is 7.05 Å². The first-order valence-corrected chi connectivity index (χ1v) is 2.73. The van der Waals surface area contributed by atoms with Gasteiger partial charge in [-0.3, -0.25) is 4.57 Å². The molecule has 0 atom stereocenters. The van der Waals surface area contributed by atoms with E-state index < -0.39 is 0 Å². The summed E-state index contributed by atoms with van der Waals surface area (Å²) in [5.41, 5.74) is -0.289. The predicted molar refractivity (Wildman–Crippen MR) is 34.7 cm³/mol. The van der Waals surface area contributed by atoms with Gasteiger partial charge in [0.2, 0.25) is 0 Å². The molecule has 1 aromatic heterocycles. The lowest BCUT2D eigenvalue weighted by atomic mass is 10.8. The molecule has 0 aliphatic rings. The van der Waals surface area contributed by atoms with Crippen LogP contribution in [0.5, 0.6) is 0 Å². The number of hydrogen-bond donors (Lipinski definition) is 1. The first-order valence-electron chi connectivity index (χ1n) is 2.32. The fourth-order valence-electron chi connectivity index (χ4n) is 0.404. The summed E-state index contributed by atoms with van der Waals surface area (Å²) in [5, 5.41) is 5.71. The fourth-order valence-corrected chi connectivity index (χ4v) is 0.540. The van der Waals surface area contributed by atoms with Gasteiger partial charge in [-0.15, -0.1) is 0 Å². The average Bonchev–Trinajstić information content (AvgIpc) is 1.83. The van der Waals surface area contributed by atoms with Crippen molar-refractivity contribution in [3.8, 4) is 0 Å². The molecule has 9 heavy (non-hydrogen) atoms. The van der Waals surface area contributed by atoms with Crippen molar-refractivity contribution in [1.29, 1.82) is 0 Å². The van der Waals surface area contributed by atoms with Crippen LogP contribution in [0.4, 0.5) is 0 Å². The summed E-state index contributed by atoms with van der Waals surface area (Å²) in [6.07, 6.45) is 1.41. The summed E-state index contributed by atoms with van der Waals surface area (Å²) in [7, 11) is 1.59. The lowest BCUT2D eigenvalue weighted by Crippen LogP contribution is -2.20. The molecule has 48 valence electrons. The normalized spacial score (nSPS) is 9.44. The van der Waals surface area contributed by atoms with Crippen LogP contribution in [0.25, 0.3) is 0 Å². The second-order valence-corrected chi connectivity index (χ2v) is 1.99. The first-order chi connectivity index (χ1) is 4.22. The van der Waals surface area contributed by atoms with Crippen LogP contribution in [-0.2, 0) is 7.05 Å². The Labute approximate surface area is 56.2 Å². The van der Waals surface area contributed by atoms with Gasteiger partial charge in [-0.05, 0) is 0 Å². The summed E-state index contributed by atoms with van der Waals surface area (Å²) in [5.74, 6) is 0. The topological polar surface area (TPSA) is 50.7 Å². The highest BCUT2D eigenvalue weighted by atomic mass is 32.1. The van der Waals surface area contributed by atoms with Crippen LogP contribution in [0.3, 0.4) is 0 Å². The van der Waals surface area contributed by atoms with E-state index in [-0.39, 0.29) is 5.69 Å². The van der Waals surface area contributed by atoms with E-state index in [0.717, 1.165) is 0 Å². The molecule has 0 unspecified atom stereocenters. The Bertz CT molecular complexity index is 284. The van der Waals surface area contributed by atoms with E-state index >= 15 is 0 Å². The first kappa shape index (κ1) is 6.15. The van der Waals surface area contributed by atoms with Crippen LogP contribution >= 0.6 is 12.2 Å². The molecule has 0 bridgehead atoms. The molecule has 0 aromatic carbocycles. The highest BCUT2D eigenvalue weighted by molar-refractivity contribution is 7.71. The van der Waals surface area contributed by atoms with E-state index in [1.807, 2.05) is 0 Å². The molecule has 0 amide bonds. The molecule has 1 heterocycles. The molecule has 0 aliphatic carbocycles.